The fourth-order valence-corrected chi connectivity index (χ4v) is 2.68. The molecule has 1 aromatic heterocycles. The maximum atomic E-state index is 12.1. The van der Waals surface area contributed by atoms with E-state index in [1.807, 2.05) is 6.07 Å². The van der Waals surface area contributed by atoms with E-state index in [-0.39, 0.29) is 23.7 Å². The van der Waals surface area contributed by atoms with E-state index in [0.717, 1.165) is 12.8 Å². The third-order valence-electron chi connectivity index (χ3n) is 4.22. The molecule has 7 heteroatoms. The second kappa shape index (κ2) is 6.79. The molecule has 2 aromatic rings. The van der Waals surface area contributed by atoms with Crippen molar-refractivity contribution in [1.82, 2.24) is 5.32 Å². The Morgan fingerprint density at radius 3 is 2.64 bits per heavy atom. The largest absolute Gasteiger partial charge is 0.466 e. The summed E-state index contributed by atoms with van der Waals surface area (Å²) in [5, 5.41) is 24.7. The Bertz CT molecular complexity index is 821. The number of carbonyl (C=O) groups excluding carboxylic acids is 2. The van der Waals surface area contributed by atoms with E-state index >= 15 is 0 Å². The van der Waals surface area contributed by atoms with Crippen LogP contribution in [0.25, 0.3) is 0 Å². The number of amides is 2. The SMILES string of the molecule is N#Cc1ccccc1NC(=O)C(=O)NCC(O)(c1ccco1)C1CC1. The molecule has 0 saturated heterocycles. The molecule has 1 saturated carbocycles. The molecule has 25 heavy (non-hydrogen) atoms. The first kappa shape index (κ1) is 16.7. The normalized spacial score (nSPS) is 15.7. The minimum Gasteiger partial charge on any atom is -0.466 e. The smallest absolute Gasteiger partial charge is 0.313 e. The maximum Gasteiger partial charge on any atom is 0.313 e. The zero-order valence-electron chi connectivity index (χ0n) is 13.4. The van der Waals surface area contributed by atoms with E-state index < -0.39 is 17.4 Å². The summed E-state index contributed by atoms with van der Waals surface area (Å²) in [6, 6.07) is 11.6. The average Bonchev–Trinajstić information content (AvgIpc) is 3.34. The second-order valence-electron chi connectivity index (χ2n) is 5.97. The fraction of sp³-hybridized carbons (Fsp3) is 0.278. The highest BCUT2D eigenvalue weighted by Crippen LogP contribution is 2.45. The van der Waals surface area contributed by atoms with Crippen LogP contribution >= 0.6 is 0 Å². The van der Waals surface area contributed by atoms with Crippen LogP contribution in [0.2, 0.25) is 0 Å². The van der Waals surface area contributed by atoms with Gasteiger partial charge in [0.2, 0.25) is 0 Å². The van der Waals surface area contributed by atoms with Gasteiger partial charge in [-0.25, -0.2) is 0 Å². The molecule has 7 nitrogen and oxygen atoms in total. The number of nitrogens with one attached hydrogen (secondary N) is 2. The van der Waals surface area contributed by atoms with Crippen molar-refractivity contribution >= 4 is 17.5 Å². The average molecular weight is 339 g/mol. The second-order valence-corrected chi connectivity index (χ2v) is 5.97. The van der Waals surface area contributed by atoms with E-state index in [4.69, 9.17) is 9.68 Å². The number of anilines is 1. The van der Waals surface area contributed by atoms with Crippen LogP contribution in [0.15, 0.2) is 47.1 Å². The van der Waals surface area contributed by atoms with Crippen molar-refractivity contribution in [3.63, 3.8) is 0 Å². The first-order valence-corrected chi connectivity index (χ1v) is 7.89. The zero-order chi connectivity index (χ0) is 17.9. The lowest BCUT2D eigenvalue weighted by Crippen LogP contribution is -2.45. The van der Waals surface area contributed by atoms with E-state index in [0.29, 0.717) is 5.76 Å². The molecule has 0 radical (unpaired) electrons. The van der Waals surface area contributed by atoms with Gasteiger partial charge in [0.25, 0.3) is 0 Å². The van der Waals surface area contributed by atoms with Crippen molar-refractivity contribution in [3.05, 3.63) is 54.0 Å². The van der Waals surface area contributed by atoms with Crippen molar-refractivity contribution < 1.29 is 19.1 Å². The topological polar surface area (TPSA) is 115 Å². The van der Waals surface area contributed by atoms with Crippen LogP contribution < -0.4 is 10.6 Å². The summed E-state index contributed by atoms with van der Waals surface area (Å²) in [5.41, 5.74) is -0.813. The Kier molecular flexibility index (Phi) is 4.55. The minimum absolute atomic E-state index is 0.0127. The lowest BCUT2D eigenvalue weighted by Gasteiger charge is -2.26. The quantitative estimate of drug-likeness (QED) is 0.714. The summed E-state index contributed by atoms with van der Waals surface area (Å²) in [7, 11) is 0. The number of hydrogen-bond acceptors (Lipinski definition) is 5. The Morgan fingerprint density at radius 2 is 2.00 bits per heavy atom. The molecular weight excluding hydrogens is 322 g/mol. The Labute approximate surface area is 144 Å². The van der Waals surface area contributed by atoms with Gasteiger partial charge in [0, 0.05) is 0 Å². The Hall–Kier alpha value is -3.11. The zero-order valence-corrected chi connectivity index (χ0v) is 13.4. The fourth-order valence-electron chi connectivity index (χ4n) is 2.68. The summed E-state index contributed by atoms with van der Waals surface area (Å²) in [6.45, 7) is -0.128. The van der Waals surface area contributed by atoms with Gasteiger partial charge in [0.05, 0.1) is 24.1 Å². The third-order valence-corrected chi connectivity index (χ3v) is 4.22. The summed E-state index contributed by atoms with van der Waals surface area (Å²) in [6.07, 6.45) is 3.11. The number of carbonyl (C=O) groups is 2. The maximum absolute atomic E-state index is 12.1. The number of benzene rings is 1. The van der Waals surface area contributed by atoms with Gasteiger partial charge in [-0.05, 0) is 43.0 Å². The number of hydrogen-bond donors (Lipinski definition) is 3. The molecule has 1 aromatic carbocycles. The van der Waals surface area contributed by atoms with Crippen LogP contribution in [0.3, 0.4) is 0 Å². The molecule has 1 aliphatic rings. The van der Waals surface area contributed by atoms with E-state index in [9.17, 15) is 14.7 Å². The Balaban J connectivity index is 1.64. The van der Waals surface area contributed by atoms with Crippen LogP contribution in [-0.4, -0.2) is 23.5 Å². The summed E-state index contributed by atoms with van der Waals surface area (Å²) >= 11 is 0. The van der Waals surface area contributed by atoms with Crippen LogP contribution in [0, 0.1) is 17.2 Å². The van der Waals surface area contributed by atoms with Crippen molar-refractivity contribution in [2.24, 2.45) is 5.92 Å². The molecule has 0 spiro atoms. The van der Waals surface area contributed by atoms with Crippen molar-refractivity contribution in [2.45, 2.75) is 18.4 Å². The number of para-hydroxylation sites is 1. The summed E-state index contributed by atoms with van der Waals surface area (Å²) in [5.74, 6) is -1.44. The van der Waals surface area contributed by atoms with Gasteiger partial charge in [0.15, 0.2) is 0 Å². The van der Waals surface area contributed by atoms with Crippen LogP contribution in [0.5, 0.6) is 0 Å². The molecule has 2 amide bonds. The van der Waals surface area contributed by atoms with Gasteiger partial charge in [0.1, 0.15) is 17.4 Å². The van der Waals surface area contributed by atoms with Crippen LogP contribution in [0.1, 0.15) is 24.2 Å². The Morgan fingerprint density at radius 1 is 1.24 bits per heavy atom. The van der Waals surface area contributed by atoms with Gasteiger partial charge < -0.3 is 20.2 Å². The van der Waals surface area contributed by atoms with Crippen LogP contribution in [-0.2, 0) is 15.2 Å². The number of rotatable bonds is 5. The number of furan rings is 1. The molecule has 1 heterocycles. The summed E-state index contributed by atoms with van der Waals surface area (Å²) < 4.78 is 5.28. The van der Waals surface area contributed by atoms with Crippen molar-refractivity contribution in [3.8, 4) is 6.07 Å². The molecule has 1 fully saturated rings. The molecule has 0 aliphatic heterocycles. The lowest BCUT2D eigenvalue weighted by molar-refractivity contribution is -0.137. The van der Waals surface area contributed by atoms with Gasteiger partial charge in [-0.1, -0.05) is 12.1 Å². The standard InChI is InChI=1S/C18H17N3O4/c19-10-12-4-1-2-5-14(12)21-17(23)16(22)20-11-18(24,13-7-8-13)15-6-3-9-25-15/h1-6,9,13,24H,7-8,11H2,(H,20,22)(H,21,23). The van der Waals surface area contributed by atoms with Crippen LogP contribution in [0.4, 0.5) is 5.69 Å². The predicted molar refractivity (Wildman–Crippen MR) is 88.1 cm³/mol. The first-order chi connectivity index (χ1) is 12.0. The first-order valence-electron chi connectivity index (χ1n) is 7.89. The molecule has 3 N–H and O–H groups in total. The molecule has 128 valence electrons. The molecule has 3 rings (SSSR count). The molecule has 0 bridgehead atoms. The van der Waals surface area contributed by atoms with E-state index in [1.165, 1.54) is 18.4 Å². The highest BCUT2D eigenvalue weighted by molar-refractivity contribution is 6.39. The van der Waals surface area contributed by atoms with E-state index in [2.05, 4.69) is 10.6 Å². The number of aliphatic hydroxyl groups is 1. The molecule has 1 unspecified atom stereocenters. The van der Waals surface area contributed by atoms with Gasteiger partial charge in [-0.2, -0.15) is 5.26 Å². The van der Waals surface area contributed by atoms with Gasteiger partial charge in [-0.3, -0.25) is 9.59 Å². The van der Waals surface area contributed by atoms with E-state index in [1.54, 1.807) is 24.3 Å². The van der Waals surface area contributed by atoms with Crippen molar-refractivity contribution in [2.75, 3.05) is 11.9 Å². The lowest BCUT2D eigenvalue weighted by atomic mass is 9.94. The van der Waals surface area contributed by atoms with Gasteiger partial charge in [-0.15, -0.1) is 0 Å². The molecular formula is C18H17N3O4. The predicted octanol–water partition coefficient (Wildman–Crippen LogP) is 1.50. The number of nitriles is 1. The number of nitrogens with zero attached hydrogens (tertiary/aromatic N) is 1. The molecule has 1 atom stereocenters. The van der Waals surface area contributed by atoms with Crippen molar-refractivity contribution in [1.29, 1.82) is 5.26 Å². The van der Waals surface area contributed by atoms with Gasteiger partial charge >= 0.3 is 11.8 Å². The third kappa shape index (κ3) is 3.54. The molecule has 1 aliphatic carbocycles. The highest BCUT2D eigenvalue weighted by atomic mass is 16.4. The monoisotopic (exact) mass is 339 g/mol. The minimum atomic E-state index is -1.33. The summed E-state index contributed by atoms with van der Waals surface area (Å²) in [4.78, 5) is 24.1. The highest BCUT2D eigenvalue weighted by Gasteiger charge is 2.47.